The molecule has 0 atom stereocenters. The van der Waals surface area contributed by atoms with Crippen molar-refractivity contribution in [2.45, 2.75) is 44.4 Å². The van der Waals surface area contributed by atoms with Crippen LogP contribution in [0.25, 0.3) is 0 Å². The summed E-state index contributed by atoms with van der Waals surface area (Å²) < 4.78 is 30.3. The van der Waals surface area contributed by atoms with Crippen LogP contribution in [0, 0.1) is 6.92 Å². The van der Waals surface area contributed by atoms with Gasteiger partial charge in [0.05, 0.1) is 0 Å². The molecule has 0 spiro atoms. The van der Waals surface area contributed by atoms with E-state index in [1.54, 1.807) is 36.4 Å². The molecule has 4 heteroatoms. The molecule has 0 amide bonds. The van der Waals surface area contributed by atoms with Crippen molar-refractivity contribution in [2.75, 3.05) is 0 Å². The van der Waals surface area contributed by atoms with Crippen LogP contribution in [0.3, 0.4) is 0 Å². The summed E-state index contributed by atoms with van der Waals surface area (Å²) in [6.45, 7) is 8.14. The zero-order valence-electron chi connectivity index (χ0n) is 13.5. The Labute approximate surface area is 133 Å². The van der Waals surface area contributed by atoms with Crippen LogP contribution >= 0.6 is 0 Å². The van der Waals surface area contributed by atoms with Crippen molar-refractivity contribution in [3.05, 3.63) is 59.7 Å². The second-order valence-corrected chi connectivity index (χ2v) is 7.63. The minimum absolute atomic E-state index is 0.153. The average molecular weight is 318 g/mol. The Morgan fingerprint density at radius 2 is 1.59 bits per heavy atom. The van der Waals surface area contributed by atoms with Crippen molar-refractivity contribution < 1.29 is 12.6 Å². The van der Waals surface area contributed by atoms with Crippen LogP contribution < -0.4 is 4.18 Å². The molecule has 118 valence electrons. The van der Waals surface area contributed by atoms with Crippen LogP contribution in [-0.2, 0) is 15.5 Å². The molecule has 3 nitrogen and oxygen atoms in total. The van der Waals surface area contributed by atoms with Gasteiger partial charge < -0.3 is 4.18 Å². The van der Waals surface area contributed by atoms with Gasteiger partial charge in [-0.05, 0) is 37.0 Å². The summed E-state index contributed by atoms with van der Waals surface area (Å²) in [7, 11) is -3.82. The Kier molecular flexibility index (Phi) is 4.61. The molecule has 0 saturated heterocycles. The lowest BCUT2D eigenvalue weighted by Crippen LogP contribution is -2.19. The normalized spacial score (nSPS) is 12.2. The summed E-state index contributed by atoms with van der Waals surface area (Å²) in [5.74, 6) is 0.398. The summed E-state index contributed by atoms with van der Waals surface area (Å²) in [6, 6.07) is 14.0. The number of hydrogen-bond donors (Lipinski definition) is 0. The molecule has 0 saturated carbocycles. The van der Waals surface area contributed by atoms with Crippen molar-refractivity contribution in [2.24, 2.45) is 0 Å². The molecular weight excluding hydrogens is 296 g/mol. The van der Waals surface area contributed by atoms with Gasteiger partial charge in [0.25, 0.3) is 0 Å². The minimum atomic E-state index is -3.82. The standard InChI is InChI=1S/C18H22O3S/c1-5-18(3,4)16-8-6-7-9-17(16)21-22(19,20)15-12-10-14(2)11-13-15/h6-13H,5H2,1-4H3. The van der Waals surface area contributed by atoms with Crippen LogP contribution in [0.5, 0.6) is 5.75 Å². The van der Waals surface area contributed by atoms with E-state index < -0.39 is 10.1 Å². The molecule has 2 aromatic rings. The number of benzene rings is 2. The van der Waals surface area contributed by atoms with Gasteiger partial charge in [0, 0.05) is 5.56 Å². The summed E-state index contributed by atoms with van der Waals surface area (Å²) in [5, 5.41) is 0. The Balaban J connectivity index is 2.41. The van der Waals surface area contributed by atoms with Crippen molar-refractivity contribution in [3.8, 4) is 5.75 Å². The molecule has 0 aliphatic carbocycles. The van der Waals surface area contributed by atoms with Crippen LogP contribution in [0.15, 0.2) is 53.4 Å². The van der Waals surface area contributed by atoms with Crippen LogP contribution in [-0.4, -0.2) is 8.42 Å². The second kappa shape index (κ2) is 6.13. The molecule has 0 aromatic heterocycles. The van der Waals surface area contributed by atoms with E-state index in [0.29, 0.717) is 5.75 Å². The third-order valence-corrected chi connectivity index (χ3v) is 5.26. The van der Waals surface area contributed by atoms with Crippen molar-refractivity contribution in [3.63, 3.8) is 0 Å². The molecule has 2 aromatic carbocycles. The van der Waals surface area contributed by atoms with E-state index in [1.807, 2.05) is 19.1 Å². The van der Waals surface area contributed by atoms with E-state index in [2.05, 4.69) is 20.8 Å². The predicted octanol–water partition coefficient (Wildman–Crippen LogP) is 4.45. The number of hydrogen-bond acceptors (Lipinski definition) is 3. The van der Waals surface area contributed by atoms with E-state index in [0.717, 1.165) is 17.5 Å². The Bertz CT molecular complexity index is 744. The van der Waals surface area contributed by atoms with E-state index in [4.69, 9.17) is 4.18 Å². The van der Waals surface area contributed by atoms with Gasteiger partial charge in [-0.15, -0.1) is 0 Å². The van der Waals surface area contributed by atoms with E-state index in [-0.39, 0.29) is 10.3 Å². The molecule has 2 rings (SSSR count). The van der Waals surface area contributed by atoms with Gasteiger partial charge in [-0.3, -0.25) is 0 Å². The van der Waals surface area contributed by atoms with Crippen molar-refractivity contribution in [1.29, 1.82) is 0 Å². The summed E-state index contributed by atoms with van der Waals surface area (Å²) in [6.07, 6.45) is 0.887. The molecule has 0 aliphatic rings. The first kappa shape index (κ1) is 16.6. The first-order chi connectivity index (χ1) is 10.3. The number of rotatable bonds is 5. The molecular formula is C18H22O3S. The molecule has 0 unspecified atom stereocenters. The fraction of sp³-hybridized carbons (Fsp3) is 0.333. The maximum atomic E-state index is 12.5. The summed E-state index contributed by atoms with van der Waals surface area (Å²) in [5.41, 5.74) is 1.75. The Morgan fingerprint density at radius 1 is 1.00 bits per heavy atom. The fourth-order valence-corrected chi connectivity index (χ4v) is 3.11. The van der Waals surface area contributed by atoms with Gasteiger partial charge in [0.2, 0.25) is 0 Å². The van der Waals surface area contributed by atoms with E-state index in [1.165, 1.54) is 0 Å². The van der Waals surface area contributed by atoms with Crippen LogP contribution in [0.4, 0.5) is 0 Å². The monoisotopic (exact) mass is 318 g/mol. The average Bonchev–Trinajstić information content (AvgIpc) is 2.47. The molecule has 0 bridgehead atoms. The zero-order valence-corrected chi connectivity index (χ0v) is 14.3. The van der Waals surface area contributed by atoms with Gasteiger partial charge in [0.15, 0.2) is 0 Å². The topological polar surface area (TPSA) is 43.4 Å². The van der Waals surface area contributed by atoms with Crippen molar-refractivity contribution >= 4 is 10.1 Å². The second-order valence-electron chi connectivity index (χ2n) is 6.08. The molecule has 0 radical (unpaired) electrons. The molecule has 22 heavy (non-hydrogen) atoms. The maximum Gasteiger partial charge on any atom is 0.339 e. The third kappa shape index (κ3) is 3.50. The summed E-state index contributed by atoms with van der Waals surface area (Å²) in [4.78, 5) is 0.169. The lowest BCUT2D eigenvalue weighted by Gasteiger charge is -2.25. The highest BCUT2D eigenvalue weighted by Gasteiger charge is 2.25. The van der Waals surface area contributed by atoms with Crippen LogP contribution in [0.1, 0.15) is 38.3 Å². The van der Waals surface area contributed by atoms with Gasteiger partial charge in [0.1, 0.15) is 10.6 Å². The first-order valence-electron chi connectivity index (χ1n) is 7.37. The maximum absolute atomic E-state index is 12.5. The Morgan fingerprint density at radius 3 is 2.18 bits per heavy atom. The smallest absolute Gasteiger partial charge is 0.339 e. The number of aryl methyl sites for hydroxylation is 1. The zero-order chi connectivity index (χ0) is 16.4. The highest BCUT2D eigenvalue weighted by atomic mass is 32.2. The van der Waals surface area contributed by atoms with E-state index in [9.17, 15) is 8.42 Å². The largest absolute Gasteiger partial charge is 0.379 e. The number of para-hydroxylation sites is 1. The van der Waals surface area contributed by atoms with Crippen molar-refractivity contribution in [1.82, 2.24) is 0 Å². The SMILES string of the molecule is CCC(C)(C)c1ccccc1OS(=O)(=O)c1ccc(C)cc1. The summed E-state index contributed by atoms with van der Waals surface area (Å²) >= 11 is 0. The van der Waals surface area contributed by atoms with Gasteiger partial charge in [-0.25, -0.2) is 0 Å². The first-order valence-corrected chi connectivity index (χ1v) is 8.78. The molecule has 0 aliphatic heterocycles. The predicted molar refractivity (Wildman–Crippen MR) is 88.8 cm³/mol. The quantitative estimate of drug-likeness (QED) is 0.765. The molecule has 0 fully saturated rings. The molecule has 0 heterocycles. The van der Waals surface area contributed by atoms with Gasteiger partial charge >= 0.3 is 10.1 Å². The fourth-order valence-electron chi connectivity index (χ4n) is 2.16. The Hall–Kier alpha value is -1.81. The van der Waals surface area contributed by atoms with E-state index >= 15 is 0 Å². The lowest BCUT2D eigenvalue weighted by atomic mass is 9.82. The van der Waals surface area contributed by atoms with Gasteiger partial charge in [-0.1, -0.05) is 56.7 Å². The van der Waals surface area contributed by atoms with Crippen LogP contribution in [0.2, 0.25) is 0 Å². The highest BCUT2D eigenvalue weighted by Crippen LogP contribution is 2.35. The highest BCUT2D eigenvalue weighted by molar-refractivity contribution is 7.87. The third-order valence-electron chi connectivity index (χ3n) is 4.01. The lowest BCUT2D eigenvalue weighted by molar-refractivity contribution is 0.453. The molecule has 0 N–H and O–H groups in total. The minimum Gasteiger partial charge on any atom is -0.379 e. The van der Waals surface area contributed by atoms with Gasteiger partial charge in [-0.2, -0.15) is 8.42 Å².